The predicted octanol–water partition coefficient (Wildman–Crippen LogP) is 3.86. The number of furan rings is 1. The summed E-state index contributed by atoms with van der Waals surface area (Å²) in [6.07, 6.45) is 1.72. The average Bonchev–Trinajstić information content (AvgIpc) is 2.93. The zero-order valence-electron chi connectivity index (χ0n) is 10.6. The normalized spacial score (nSPS) is 12.5. The molecule has 0 fully saturated rings. The molecular weight excluding hydrogens is 242 g/mol. The molecule has 0 bridgehead atoms. The van der Waals surface area contributed by atoms with Gasteiger partial charge in [-0.3, -0.25) is 0 Å². The lowest BCUT2D eigenvalue weighted by atomic mass is 10.2. The van der Waals surface area contributed by atoms with Gasteiger partial charge in [0.15, 0.2) is 0 Å². The SMILES string of the molecule is CC(NCCSCc1ccccc1)c1ccco1. The Kier molecular flexibility index (Phi) is 5.36. The van der Waals surface area contributed by atoms with Gasteiger partial charge in [0.1, 0.15) is 5.76 Å². The van der Waals surface area contributed by atoms with Crippen molar-refractivity contribution < 1.29 is 4.42 Å². The number of hydrogen-bond acceptors (Lipinski definition) is 3. The second-order valence-corrected chi connectivity index (χ2v) is 5.33. The van der Waals surface area contributed by atoms with Crippen LogP contribution in [0.3, 0.4) is 0 Å². The third-order valence-electron chi connectivity index (χ3n) is 2.78. The van der Waals surface area contributed by atoms with Gasteiger partial charge in [-0.15, -0.1) is 0 Å². The van der Waals surface area contributed by atoms with Crippen LogP contribution in [-0.4, -0.2) is 12.3 Å². The lowest BCUT2D eigenvalue weighted by Crippen LogP contribution is -2.20. The Balaban J connectivity index is 1.59. The monoisotopic (exact) mass is 261 g/mol. The fraction of sp³-hybridized carbons (Fsp3) is 0.333. The highest BCUT2D eigenvalue weighted by Crippen LogP contribution is 2.13. The van der Waals surface area contributed by atoms with Gasteiger partial charge in [0.25, 0.3) is 0 Å². The van der Waals surface area contributed by atoms with Crippen LogP contribution in [0, 0.1) is 0 Å². The topological polar surface area (TPSA) is 25.2 Å². The second-order valence-electron chi connectivity index (χ2n) is 4.23. The van der Waals surface area contributed by atoms with Crippen LogP contribution in [-0.2, 0) is 5.75 Å². The first kappa shape index (κ1) is 13.2. The van der Waals surface area contributed by atoms with Gasteiger partial charge < -0.3 is 9.73 Å². The summed E-state index contributed by atoms with van der Waals surface area (Å²) in [6.45, 7) is 3.13. The summed E-state index contributed by atoms with van der Waals surface area (Å²) >= 11 is 1.95. The van der Waals surface area contributed by atoms with Crippen molar-refractivity contribution in [2.24, 2.45) is 0 Å². The maximum atomic E-state index is 5.35. The molecular formula is C15H19NOS. The Morgan fingerprint density at radius 1 is 1.17 bits per heavy atom. The number of hydrogen-bond donors (Lipinski definition) is 1. The van der Waals surface area contributed by atoms with E-state index < -0.39 is 0 Å². The number of rotatable bonds is 7. The van der Waals surface area contributed by atoms with Crippen LogP contribution in [0.5, 0.6) is 0 Å². The van der Waals surface area contributed by atoms with Gasteiger partial charge in [-0.05, 0) is 24.6 Å². The lowest BCUT2D eigenvalue weighted by Gasteiger charge is -2.10. The van der Waals surface area contributed by atoms with E-state index >= 15 is 0 Å². The van der Waals surface area contributed by atoms with E-state index in [2.05, 4.69) is 42.6 Å². The molecule has 2 rings (SSSR count). The summed E-state index contributed by atoms with van der Waals surface area (Å²) in [5.74, 6) is 3.19. The molecule has 0 saturated carbocycles. The second kappa shape index (κ2) is 7.29. The molecule has 0 radical (unpaired) electrons. The van der Waals surface area contributed by atoms with Crippen molar-refractivity contribution in [3.63, 3.8) is 0 Å². The molecule has 1 unspecified atom stereocenters. The van der Waals surface area contributed by atoms with Crippen LogP contribution < -0.4 is 5.32 Å². The third-order valence-corrected chi connectivity index (χ3v) is 3.81. The van der Waals surface area contributed by atoms with Crippen molar-refractivity contribution in [1.29, 1.82) is 0 Å². The zero-order valence-corrected chi connectivity index (χ0v) is 11.5. The smallest absolute Gasteiger partial charge is 0.120 e. The van der Waals surface area contributed by atoms with E-state index in [1.54, 1.807) is 6.26 Å². The molecule has 0 saturated heterocycles. The van der Waals surface area contributed by atoms with Gasteiger partial charge in [-0.1, -0.05) is 30.3 Å². The van der Waals surface area contributed by atoms with E-state index in [-0.39, 0.29) is 6.04 Å². The summed E-state index contributed by atoms with van der Waals surface area (Å²) in [4.78, 5) is 0. The number of benzene rings is 1. The van der Waals surface area contributed by atoms with Crippen LogP contribution in [0.25, 0.3) is 0 Å². The molecule has 0 aliphatic heterocycles. The van der Waals surface area contributed by atoms with Crippen LogP contribution in [0.2, 0.25) is 0 Å². The number of nitrogens with one attached hydrogen (secondary N) is 1. The van der Waals surface area contributed by atoms with E-state index in [0.717, 1.165) is 23.8 Å². The van der Waals surface area contributed by atoms with E-state index in [1.807, 2.05) is 23.9 Å². The molecule has 96 valence electrons. The Morgan fingerprint density at radius 3 is 2.72 bits per heavy atom. The fourth-order valence-electron chi connectivity index (χ4n) is 1.75. The van der Waals surface area contributed by atoms with Crippen LogP contribution in [0.4, 0.5) is 0 Å². The zero-order chi connectivity index (χ0) is 12.6. The molecule has 2 nitrogen and oxygen atoms in total. The largest absolute Gasteiger partial charge is 0.468 e. The quantitative estimate of drug-likeness (QED) is 0.766. The molecule has 1 heterocycles. The van der Waals surface area contributed by atoms with Crippen molar-refractivity contribution in [2.45, 2.75) is 18.7 Å². The molecule has 1 aromatic carbocycles. The van der Waals surface area contributed by atoms with Crippen LogP contribution >= 0.6 is 11.8 Å². The molecule has 0 aliphatic rings. The van der Waals surface area contributed by atoms with Gasteiger partial charge in [-0.25, -0.2) is 0 Å². The minimum Gasteiger partial charge on any atom is -0.468 e. The van der Waals surface area contributed by atoms with Crippen LogP contribution in [0.1, 0.15) is 24.3 Å². The van der Waals surface area contributed by atoms with E-state index in [9.17, 15) is 0 Å². The van der Waals surface area contributed by atoms with Crippen molar-refractivity contribution >= 4 is 11.8 Å². The van der Waals surface area contributed by atoms with Crippen molar-refractivity contribution in [3.8, 4) is 0 Å². The minimum atomic E-state index is 0.289. The molecule has 0 spiro atoms. The fourth-order valence-corrected chi connectivity index (χ4v) is 2.58. The van der Waals surface area contributed by atoms with E-state index in [4.69, 9.17) is 4.42 Å². The van der Waals surface area contributed by atoms with Gasteiger partial charge >= 0.3 is 0 Å². The summed E-state index contributed by atoms with van der Waals surface area (Å²) < 4.78 is 5.35. The minimum absolute atomic E-state index is 0.289. The average molecular weight is 261 g/mol. The molecule has 0 aliphatic carbocycles. The Labute approximate surface area is 113 Å². The van der Waals surface area contributed by atoms with Crippen molar-refractivity contribution in [3.05, 3.63) is 60.1 Å². The van der Waals surface area contributed by atoms with Gasteiger partial charge in [0.2, 0.25) is 0 Å². The molecule has 3 heteroatoms. The first-order valence-electron chi connectivity index (χ1n) is 6.25. The Bertz CT molecular complexity index is 427. The summed E-state index contributed by atoms with van der Waals surface area (Å²) in [5.41, 5.74) is 1.39. The first-order chi connectivity index (χ1) is 8.86. The number of thioether (sulfide) groups is 1. The lowest BCUT2D eigenvalue weighted by molar-refractivity contribution is 0.438. The van der Waals surface area contributed by atoms with Gasteiger partial charge in [-0.2, -0.15) is 11.8 Å². The summed E-state index contributed by atoms with van der Waals surface area (Å²) in [5, 5.41) is 3.46. The Hall–Kier alpha value is -1.19. The van der Waals surface area contributed by atoms with E-state index in [0.29, 0.717) is 0 Å². The third kappa shape index (κ3) is 4.24. The maximum Gasteiger partial charge on any atom is 0.120 e. The van der Waals surface area contributed by atoms with Gasteiger partial charge in [0, 0.05) is 18.1 Å². The standard InChI is InChI=1S/C15H19NOS/c1-13(15-8-5-10-17-15)16-9-11-18-12-14-6-3-2-4-7-14/h2-8,10,13,16H,9,11-12H2,1H3. The molecule has 2 aromatic rings. The van der Waals surface area contributed by atoms with E-state index in [1.165, 1.54) is 5.56 Å². The maximum absolute atomic E-state index is 5.35. The molecule has 18 heavy (non-hydrogen) atoms. The molecule has 0 amide bonds. The molecule has 1 atom stereocenters. The predicted molar refractivity (Wildman–Crippen MR) is 77.7 cm³/mol. The highest BCUT2D eigenvalue weighted by Gasteiger charge is 2.06. The summed E-state index contributed by atoms with van der Waals surface area (Å²) in [7, 11) is 0. The van der Waals surface area contributed by atoms with Gasteiger partial charge in [0.05, 0.1) is 12.3 Å². The molecule has 1 aromatic heterocycles. The van der Waals surface area contributed by atoms with Crippen molar-refractivity contribution in [2.75, 3.05) is 12.3 Å². The van der Waals surface area contributed by atoms with Crippen LogP contribution in [0.15, 0.2) is 53.1 Å². The van der Waals surface area contributed by atoms with Crippen molar-refractivity contribution in [1.82, 2.24) is 5.32 Å². The highest BCUT2D eigenvalue weighted by atomic mass is 32.2. The summed E-state index contributed by atoms with van der Waals surface area (Å²) in [6, 6.07) is 14.8. The molecule has 1 N–H and O–H groups in total. The first-order valence-corrected chi connectivity index (χ1v) is 7.40. The Morgan fingerprint density at radius 2 is 2.00 bits per heavy atom. The highest BCUT2D eigenvalue weighted by molar-refractivity contribution is 7.98.